The molecule has 0 spiro atoms. The summed E-state index contributed by atoms with van der Waals surface area (Å²) in [7, 11) is 0. The first-order chi connectivity index (χ1) is 11.2. The van der Waals surface area contributed by atoms with Crippen LogP contribution in [0.5, 0.6) is 0 Å². The third-order valence-corrected chi connectivity index (χ3v) is 5.07. The van der Waals surface area contributed by atoms with E-state index in [1.807, 2.05) is 48.5 Å². The molecule has 0 amide bonds. The van der Waals surface area contributed by atoms with Crippen LogP contribution in [0.25, 0.3) is 0 Å². The van der Waals surface area contributed by atoms with Crippen molar-refractivity contribution in [1.29, 1.82) is 0 Å². The zero-order valence-electron chi connectivity index (χ0n) is 12.8. The number of rotatable bonds is 4. The van der Waals surface area contributed by atoms with Crippen LogP contribution in [0.4, 0.5) is 5.69 Å². The highest BCUT2D eigenvalue weighted by molar-refractivity contribution is 6.36. The molecule has 0 bridgehead atoms. The van der Waals surface area contributed by atoms with Gasteiger partial charge in [-0.3, -0.25) is 4.79 Å². The van der Waals surface area contributed by atoms with Crippen molar-refractivity contribution in [2.24, 2.45) is 5.92 Å². The van der Waals surface area contributed by atoms with Gasteiger partial charge in [0.25, 0.3) is 0 Å². The number of ketones is 1. The second kappa shape index (κ2) is 7.37. The van der Waals surface area contributed by atoms with Crippen LogP contribution in [0, 0.1) is 5.92 Å². The Kier molecular flexibility index (Phi) is 5.24. The number of para-hydroxylation sites is 1. The number of benzene rings is 2. The fourth-order valence-corrected chi connectivity index (χ4v) is 3.89. The summed E-state index contributed by atoms with van der Waals surface area (Å²) in [6.45, 7) is 0. The minimum absolute atomic E-state index is 0.0960. The number of nitrogens with one attached hydrogen (secondary N) is 1. The van der Waals surface area contributed by atoms with Gasteiger partial charge in [-0.1, -0.05) is 53.9 Å². The maximum absolute atomic E-state index is 12.5. The van der Waals surface area contributed by atoms with Crippen molar-refractivity contribution >= 4 is 34.7 Å². The van der Waals surface area contributed by atoms with Gasteiger partial charge in [-0.15, -0.1) is 0 Å². The molecule has 0 saturated heterocycles. The number of hydrogen-bond donors (Lipinski definition) is 1. The largest absolute Gasteiger partial charge is 0.377 e. The Bertz CT molecular complexity index is 667. The molecule has 1 fully saturated rings. The van der Waals surface area contributed by atoms with E-state index in [0.29, 0.717) is 22.2 Å². The minimum Gasteiger partial charge on any atom is -0.377 e. The number of hydrogen-bond acceptors (Lipinski definition) is 2. The van der Waals surface area contributed by atoms with Gasteiger partial charge in [0, 0.05) is 33.6 Å². The van der Waals surface area contributed by atoms with E-state index >= 15 is 0 Å². The van der Waals surface area contributed by atoms with E-state index in [2.05, 4.69) is 5.32 Å². The highest BCUT2D eigenvalue weighted by Gasteiger charge is 2.33. The van der Waals surface area contributed by atoms with Gasteiger partial charge >= 0.3 is 0 Å². The van der Waals surface area contributed by atoms with Crippen molar-refractivity contribution in [2.75, 3.05) is 5.32 Å². The zero-order chi connectivity index (χ0) is 16.2. The molecule has 1 N–H and O–H groups in total. The summed E-state index contributed by atoms with van der Waals surface area (Å²) in [5.41, 5.74) is 1.78. The van der Waals surface area contributed by atoms with Gasteiger partial charge in [-0.05, 0) is 37.1 Å². The van der Waals surface area contributed by atoms with Gasteiger partial charge in [-0.2, -0.15) is 0 Å². The molecule has 120 valence electrons. The van der Waals surface area contributed by atoms with Crippen molar-refractivity contribution in [3.8, 4) is 0 Å². The van der Waals surface area contributed by atoms with Crippen LogP contribution in [0.3, 0.4) is 0 Å². The lowest BCUT2D eigenvalue weighted by molar-refractivity contribution is -0.125. The van der Waals surface area contributed by atoms with E-state index < -0.39 is 0 Å². The Hall–Kier alpha value is -1.51. The summed E-state index contributed by atoms with van der Waals surface area (Å²) >= 11 is 12.8. The molecular weight excluding hydrogens is 329 g/mol. The minimum atomic E-state index is -0.202. The summed E-state index contributed by atoms with van der Waals surface area (Å²) in [5.74, 6) is 0.196. The van der Waals surface area contributed by atoms with E-state index in [1.165, 1.54) is 0 Å². The van der Waals surface area contributed by atoms with E-state index in [0.717, 1.165) is 30.5 Å². The highest BCUT2D eigenvalue weighted by Crippen LogP contribution is 2.40. The van der Waals surface area contributed by atoms with Gasteiger partial charge in [0.2, 0.25) is 0 Å². The van der Waals surface area contributed by atoms with Crippen LogP contribution in [0.1, 0.15) is 37.3 Å². The van der Waals surface area contributed by atoms with Crippen LogP contribution < -0.4 is 5.32 Å². The van der Waals surface area contributed by atoms with Gasteiger partial charge in [0.1, 0.15) is 5.78 Å². The molecule has 4 heteroatoms. The molecule has 2 aromatic carbocycles. The molecule has 1 aliphatic carbocycles. The summed E-state index contributed by atoms with van der Waals surface area (Å²) in [6.07, 6.45) is 3.54. The third-order valence-electron chi connectivity index (χ3n) is 4.41. The number of halogens is 2. The Balaban J connectivity index is 2.00. The first kappa shape index (κ1) is 16.4. The van der Waals surface area contributed by atoms with E-state index in [9.17, 15) is 4.79 Å². The molecule has 2 nitrogen and oxygen atoms in total. The Morgan fingerprint density at radius 3 is 2.30 bits per heavy atom. The Labute approximate surface area is 146 Å². The van der Waals surface area contributed by atoms with Crippen molar-refractivity contribution in [1.82, 2.24) is 0 Å². The Morgan fingerprint density at radius 2 is 1.65 bits per heavy atom. The van der Waals surface area contributed by atoms with Crippen LogP contribution >= 0.6 is 23.2 Å². The summed E-state index contributed by atoms with van der Waals surface area (Å²) in [5, 5.41) is 4.69. The molecular formula is C19H19Cl2NO. The van der Waals surface area contributed by atoms with Crippen LogP contribution in [0.15, 0.2) is 48.5 Å². The molecule has 0 aromatic heterocycles. The van der Waals surface area contributed by atoms with Gasteiger partial charge in [-0.25, -0.2) is 0 Å². The fourth-order valence-electron chi connectivity index (χ4n) is 3.26. The molecule has 0 radical (unpaired) electrons. The fraction of sp³-hybridized carbons (Fsp3) is 0.316. The lowest BCUT2D eigenvalue weighted by atomic mass is 9.80. The van der Waals surface area contributed by atoms with Crippen LogP contribution in [-0.4, -0.2) is 5.78 Å². The Morgan fingerprint density at radius 1 is 0.957 bits per heavy atom. The average molecular weight is 348 g/mol. The molecule has 0 unspecified atom stereocenters. The van der Waals surface area contributed by atoms with Crippen LogP contribution in [0.2, 0.25) is 10.0 Å². The number of carbonyl (C=O) groups is 1. The molecule has 3 rings (SSSR count). The first-order valence-electron chi connectivity index (χ1n) is 7.95. The molecule has 2 atom stereocenters. The van der Waals surface area contributed by atoms with Gasteiger partial charge in [0.05, 0.1) is 6.04 Å². The van der Waals surface area contributed by atoms with Gasteiger partial charge in [0.15, 0.2) is 0 Å². The van der Waals surface area contributed by atoms with Crippen molar-refractivity contribution in [3.63, 3.8) is 0 Å². The first-order valence-corrected chi connectivity index (χ1v) is 8.70. The monoisotopic (exact) mass is 347 g/mol. The second-order valence-corrected chi connectivity index (χ2v) is 6.76. The lowest BCUT2D eigenvalue weighted by Crippen LogP contribution is -2.30. The highest BCUT2D eigenvalue weighted by atomic mass is 35.5. The van der Waals surface area contributed by atoms with E-state index in [1.54, 1.807) is 0 Å². The van der Waals surface area contributed by atoms with E-state index in [4.69, 9.17) is 23.2 Å². The third kappa shape index (κ3) is 3.70. The average Bonchev–Trinajstić information content (AvgIpc) is 2.55. The van der Waals surface area contributed by atoms with Crippen molar-refractivity contribution in [2.45, 2.75) is 31.7 Å². The molecule has 23 heavy (non-hydrogen) atoms. The second-order valence-electron chi connectivity index (χ2n) is 5.94. The molecule has 0 heterocycles. The van der Waals surface area contributed by atoms with Crippen LogP contribution in [-0.2, 0) is 4.79 Å². The number of anilines is 1. The summed E-state index contributed by atoms with van der Waals surface area (Å²) in [4.78, 5) is 12.5. The number of Topliss-reactive ketones (excluding diaryl/α,β-unsaturated/α-hetero) is 1. The summed E-state index contributed by atoms with van der Waals surface area (Å²) < 4.78 is 0. The smallest absolute Gasteiger partial charge is 0.138 e. The maximum atomic E-state index is 12.5. The van der Waals surface area contributed by atoms with Crippen molar-refractivity contribution < 1.29 is 4.79 Å². The van der Waals surface area contributed by atoms with E-state index in [-0.39, 0.29) is 12.0 Å². The predicted octanol–water partition coefficient (Wildman–Crippen LogP) is 5.91. The number of carbonyl (C=O) groups excluding carboxylic acids is 1. The molecule has 2 aromatic rings. The SMILES string of the molecule is O=C1CCCC[C@@H]1[C@H](Nc1ccccc1)c1c(Cl)cccc1Cl. The molecule has 1 saturated carbocycles. The normalized spacial score (nSPS) is 19.4. The predicted molar refractivity (Wildman–Crippen MR) is 96.2 cm³/mol. The standard InChI is InChI=1S/C19H19Cl2NO/c20-15-10-6-11-16(21)18(15)19(14-9-4-5-12-17(14)23)22-13-7-2-1-3-8-13/h1-3,6-8,10-11,14,19,22H,4-5,9,12H2/t14-,19-/m0/s1. The van der Waals surface area contributed by atoms with Gasteiger partial charge < -0.3 is 5.32 Å². The maximum Gasteiger partial charge on any atom is 0.138 e. The van der Waals surface area contributed by atoms with Crippen molar-refractivity contribution in [3.05, 3.63) is 64.1 Å². The topological polar surface area (TPSA) is 29.1 Å². The zero-order valence-corrected chi connectivity index (χ0v) is 14.3. The quantitative estimate of drug-likeness (QED) is 0.745. The molecule has 1 aliphatic rings. The lowest BCUT2D eigenvalue weighted by Gasteiger charge is -2.32. The summed E-state index contributed by atoms with van der Waals surface area (Å²) in [6, 6.07) is 15.2. The molecule has 0 aliphatic heterocycles.